The molecule has 0 amide bonds. The predicted octanol–water partition coefficient (Wildman–Crippen LogP) is 3.97. The molecule has 0 aliphatic carbocycles. The van der Waals surface area contributed by atoms with Crippen LogP contribution in [0.2, 0.25) is 5.02 Å². The van der Waals surface area contributed by atoms with Crippen molar-refractivity contribution in [3.05, 3.63) is 63.8 Å². The second-order valence-electron chi connectivity index (χ2n) is 5.24. The smallest absolute Gasteiger partial charge is 0.344 e. The fraction of sp³-hybridized carbons (Fsp3) is 0.111. The van der Waals surface area contributed by atoms with E-state index in [4.69, 9.17) is 25.9 Å². The van der Waals surface area contributed by atoms with Crippen molar-refractivity contribution in [3.8, 4) is 17.1 Å². The van der Waals surface area contributed by atoms with Gasteiger partial charge in [-0.25, -0.2) is 4.79 Å². The lowest BCUT2D eigenvalue weighted by Gasteiger charge is -2.11. The Morgan fingerprint density at radius 3 is 2.54 bits per heavy atom. The summed E-state index contributed by atoms with van der Waals surface area (Å²) in [5.41, 5.74) is 0.885. The van der Waals surface area contributed by atoms with Gasteiger partial charge in [0, 0.05) is 16.7 Å². The lowest BCUT2D eigenvalue weighted by atomic mass is 10.1. The molecule has 1 N–H and O–H groups in total. The van der Waals surface area contributed by atoms with Crippen LogP contribution < -0.4 is 10.2 Å². The van der Waals surface area contributed by atoms with Gasteiger partial charge in [-0.05, 0) is 49.4 Å². The van der Waals surface area contributed by atoms with Crippen LogP contribution in [0.5, 0.6) is 5.75 Å². The van der Waals surface area contributed by atoms with Crippen molar-refractivity contribution < 1.29 is 19.1 Å². The number of fused-ring (bicyclic) bond motifs is 1. The molecule has 0 spiro atoms. The van der Waals surface area contributed by atoms with Gasteiger partial charge in [0.2, 0.25) is 0 Å². The first-order chi connectivity index (χ1) is 11.4. The maximum atomic E-state index is 12.4. The third kappa shape index (κ3) is 3.26. The average Bonchev–Trinajstić information content (AvgIpc) is 2.55. The van der Waals surface area contributed by atoms with E-state index in [9.17, 15) is 9.59 Å². The van der Waals surface area contributed by atoms with Crippen LogP contribution >= 0.6 is 11.6 Å². The van der Waals surface area contributed by atoms with Crippen LogP contribution in [0.1, 0.15) is 6.92 Å². The van der Waals surface area contributed by atoms with Gasteiger partial charge >= 0.3 is 5.97 Å². The molecule has 5 nitrogen and oxygen atoms in total. The van der Waals surface area contributed by atoms with E-state index in [-0.39, 0.29) is 5.43 Å². The first-order valence-corrected chi connectivity index (χ1v) is 7.55. The molecular formula is C18H13ClO5. The number of ether oxygens (including phenoxy) is 1. The molecule has 24 heavy (non-hydrogen) atoms. The average molecular weight is 345 g/mol. The summed E-state index contributed by atoms with van der Waals surface area (Å²) in [5.74, 6) is -0.360. The number of halogens is 1. The molecule has 0 aliphatic heterocycles. The Morgan fingerprint density at radius 2 is 1.88 bits per heavy atom. The van der Waals surface area contributed by atoms with Gasteiger partial charge < -0.3 is 14.3 Å². The van der Waals surface area contributed by atoms with E-state index in [0.717, 1.165) is 5.56 Å². The SMILES string of the molecule is C[C@@H](Oc1ccc2oc(-c3ccc(Cl)cc3)cc(=O)c2c1)C(=O)O. The van der Waals surface area contributed by atoms with Crippen molar-refractivity contribution >= 4 is 28.5 Å². The van der Waals surface area contributed by atoms with Crippen LogP contribution in [0.25, 0.3) is 22.3 Å². The van der Waals surface area contributed by atoms with E-state index in [1.165, 1.54) is 19.1 Å². The number of aliphatic carboxylic acids is 1. The van der Waals surface area contributed by atoms with Crippen LogP contribution in [0.15, 0.2) is 57.7 Å². The summed E-state index contributed by atoms with van der Waals surface area (Å²) in [4.78, 5) is 23.2. The molecule has 122 valence electrons. The van der Waals surface area contributed by atoms with E-state index >= 15 is 0 Å². The van der Waals surface area contributed by atoms with Crippen molar-refractivity contribution in [2.75, 3.05) is 0 Å². The Labute approximate surface area is 142 Å². The number of carbonyl (C=O) groups is 1. The summed E-state index contributed by atoms with van der Waals surface area (Å²) in [6.45, 7) is 1.42. The predicted molar refractivity (Wildman–Crippen MR) is 90.7 cm³/mol. The monoisotopic (exact) mass is 344 g/mol. The fourth-order valence-electron chi connectivity index (χ4n) is 2.22. The summed E-state index contributed by atoms with van der Waals surface area (Å²) >= 11 is 5.86. The van der Waals surface area contributed by atoms with Crippen molar-refractivity contribution in [1.82, 2.24) is 0 Å². The molecule has 0 bridgehead atoms. The molecule has 0 saturated heterocycles. The second kappa shape index (κ2) is 6.37. The standard InChI is InChI=1S/C18H13ClO5/c1-10(18(21)22)23-13-6-7-16-14(8-13)15(20)9-17(24-16)11-2-4-12(19)5-3-11/h2-10H,1H3,(H,21,22)/t10-/m1/s1. The molecule has 0 unspecified atom stereocenters. The van der Waals surface area contributed by atoms with Crippen molar-refractivity contribution in [2.24, 2.45) is 0 Å². The molecule has 1 aromatic heterocycles. The number of hydrogen-bond donors (Lipinski definition) is 1. The lowest BCUT2D eigenvalue weighted by molar-refractivity contribution is -0.144. The van der Waals surface area contributed by atoms with Gasteiger partial charge in [-0.2, -0.15) is 0 Å². The minimum atomic E-state index is -1.08. The number of carboxylic acids is 1. The van der Waals surface area contributed by atoms with Crippen LogP contribution in [-0.2, 0) is 4.79 Å². The van der Waals surface area contributed by atoms with Gasteiger partial charge in [-0.3, -0.25) is 4.79 Å². The molecule has 6 heteroatoms. The molecule has 0 aliphatic rings. The topological polar surface area (TPSA) is 76.7 Å². The van der Waals surface area contributed by atoms with E-state index in [0.29, 0.717) is 27.5 Å². The maximum absolute atomic E-state index is 12.4. The normalized spacial score (nSPS) is 12.1. The van der Waals surface area contributed by atoms with Crippen LogP contribution in [0.3, 0.4) is 0 Å². The highest BCUT2D eigenvalue weighted by atomic mass is 35.5. The highest BCUT2D eigenvalue weighted by molar-refractivity contribution is 6.30. The van der Waals surface area contributed by atoms with Gasteiger partial charge in [-0.1, -0.05) is 11.6 Å². The Hall–Kier alpha value is -2.79. The summed E-state index contributed by atoms with van der Waals surface area (Å²) in [7, 11) is 0. The highest BCUT2D eigenvalue weighted by Crippen LogP contribution is 2.26. The largest absolute Gasteiger partial charge is 0.479 e. The zero-order valence-corrected chi connectivity index (χ0v) is 13.4. The highest BCUT2D eigenvalue weighted by Gasteiger charge is 2.14. The molecule has 1 atom stereocenters. The summed E-state index contributed by atoms with van der Waals surface area (Å²) in [6.07, 6.45) is -1.01. The van der Waals surface area contributed by atoms with Gasteiger partial charge in [0.15, 0.2) is 11.5 Å². The number of benzene rings is 2. The first kappa shape index (κ1) is 16.1. The minimum absolute atomic E-state index is 0.241. The van der Waals surface area contributed by atoms with E-state index in [1.807, 2.05) is 0 Å². The Balaban J connectivity index is 2.02. The minimum Gasteiger partial charge on any atom is -0.479 e. The zero-order valence-electron chi connectivity index (χ0n) is 12.7. The Morgan fingerprint density at radius 1 is 1.17 bits per heavy atom. The number of rotatable bonds is 4. The van der Waals surface area contributed by atoms with E-state index < -0.39 is 12.1 Å². The van der Waals surface area contributed by atoms with Crippen LogP contribution in [-0.4, -0.2) is 17.2 Å². The van der Waals surface area contributed by atoms with Gasteiger partial charge in [0.05, 0.1) is 5.39 Å². The van der Waals surface area contributed by atoms with Gasteiger partial charge in [-0.15, -0.1) is 0 Å². The van der Waals surface area contributed by atoms with Crippen LogP contribution in [0, 0.1) is 0 Å². The molecule has 2 aromatic carbocycles. The fourth-order valence-corrected chi connectivity index (χ4v) is 2.35. The Bertz CT molecular complexity index is 959. The Kier molecular flexibility index (Phi) is 4.27. The molecule has 0 saturated carbocycles. The molecule has 0 fully saturated rings. The first-order valence-electron chi connectivity index (χ1n) is 7.17. The molecular weight excluding hydrogens is 332 g/mol. The summed E-state index contributed by atoms with van der Waals surface area (Å²) < 4.78 is 11.0. The van der Waals surface area contributed by atoms with E-state index in [2.05, 4.69) is 0 Å². The van der Waals surface area contributed by atoms with Crippen molar-refractivity contribution in [2.45, 2.75) is 13.0 Å². The van der Waals surface area contributed by atoms with Gasteiger partial charge in [0.25, 0.3) is 0 Å². The third-order valence-corrected chi connectivity index (χ3v) is 3.74. The maximum Gasteiger partial charge on any atom is 0.344 e. The number of carboxylic acid groups (broad SMARTS) is 1. The summed E-state index contributed by atoms with van der Waals surface area (Å²) in [6, 6.07) is 13.0. The third-order valence-electron chi connectivity index (χ3n) is 3.49. The quantitative estimate of drug-likeness (QED) is 0.775. The van der Waals surface area contributed by atoms with Crippen LogP contribution in [0.4, 0.5) is 0 Å². The molecule has 1 heterocycles. The zero-order chi connectivity index (χ0) is 17.3. The van der Waals surface area contributed by atoms with E-state index in [1.54, 1.807) is 36.4 Å². The molecule has 3 rings (SSSR count). The van der Waals surface area contributed by atoms with Crippen molar-refractivity contribution in [1.29, 1.82) is 0 Å². The summed E-state index contributed by atoms with van der Waals surface area (Å²) in [5, 5.41) is 9.79. The molecule has 0 radical (unpaired) electrons. The van der Waals surface area contributed by atoms with Gasteiger partial charge in [0.1, 0.15) is 17.1 Å². The number of hydrogen-bond acceptors (Lipinski definition) is 4. The lowest BCUT2D eigenvalue weighted by Crippen LogP contribution is -2.22. The second-order valence-corrected chi connectivity index (χ2v) is 5.67. The van der Waals surface area contributed by atoms with Crippen molar-refractivity contribution in [3.63, 3.8) is 0 Å². The molecule has 3 aromatic rings.